The SMILES string of the molecule is CCNC(=O)Nc1cc(-c2nc(CC)cs2)c(-c2cc3c4c(c2)c(=O)c(C(=O)O)cn4CCO3)cn1. The second-order valence-electron chi connectivity index (χ2n) is 8.19. The second-order valence-corrected chi connectivity index (χ2v) is 9.04. The van der Waals surface area contributed by atoms with Crippen LogP contribution in [0.1, 0.15) is 29.9 Å². The molecule has 0 radical (unpaired) electrons. The number of aryl methyl sites for hydroxylation is 1. The highest BCUT2D eigenvalue weighted by molar-refractivity contribution is 7.13. The van der Waals surface area contributed by atoms with E-state index >= 15 is 0 Å². The van der Waals surface area contributed by atoms with Crippen molar-refractivity contribution in [2.45, 2.75) is 26.8 Å². The van der Waals surface area contributed by atoms with Gasteiger partial charge in [0.2, 0.25) is 5.43 Å². The molecule has 10 nitrogen and oxygen atoms in total. The molecule has 1 aliphatic rings. The number of pyridine rings is 2. The maximum Gasteiger partial charge on any atom is 0.341 e. The number of amides is 2. The average Bonchev–Trinajstić information content (AvgIpc) is 3.35. The normalized spacial score (nSPS) is 12.3. The Morgan fingerprint density at radius 3 is 2.78 bits per heavy atom. The number of nitrogens with one attached hydrogen (secondary N) is 2. The average molecular weight is 506 g/mol. The summed E-state index contributed by atoms with van der Waals surface area (Å²) in [6, 6.07) is 4.86. The Kier molecular flexibility index (Phi) is 6.15. The molecule has 4 heterocycles. The number of urea groups is 1. The predicted molar refractivity (Wildman–Crippen MR) is 137 cm³/mol. The van der Waals surface area contributed by atoms with Crippen LogP contribution in [0.4, 0.5) is 10.6 Å². The lowest BCUT2D eigenvalue weighted by Crippen LogP contribution is -2.28. The summed E-state index contributed by atoms with van der Waals surface area (Å²) in [6.45, 7) is 5.10. The molecule has 1 aliphatic heterocycles. The standard InChI is InChI=1S/C25H23N5O5S/c1-3-14-12-36-23(28-14)15-9-20(29-25(34)26-4-2)27-10-17(15)13-7-16-21-19(8-13)35-6-5-30(21)11-18(22(16)31)24(32)33/h7-12H,3-6H2,1-2H3,(H,32,33)(H2,26,27,29,34). The Labute approximate surface area is 209 Å². The minimum Gasteiger partial charge on any atom is -0.489 e. The predicted octanol–water partition coefficient (Wildman–Crippen LogP) is 3.98. The van der Waals surface area contributed by atoms with Crippen LogP contribution in [-0.2, 0) is 13.0 Å². The number of benzene rings is 1. The third kappa shape index (κ3) is 4.17. The van der Waals surface area contributed by atoms with E-state index < -0.39 is 11.4 Å². The first-order valence-electron chi connectivity index (χ1n) is 11.5. The summed E-state index contributed by atoms with van der Waals surface area (Å²) in [5.74, 6) is -0.435. The molecule has 0 unspecified atom stereocenters. The fourth-order valence-electron chi connectivity index (χ4n) is 4.19. The number of carbonyl (C=O) groups excluding carboxylic acids is 1. The van der Waals surface area contributed by atoms with Gasteiger partial charge in [0.05, 0.1) is 23.1 Å². The fraction of sp³-hybridized carbons (Fsp3) is 0.240. The number of carbonyl (C=O) groups is 2. The van der Waals surface area contributed by atoms with Crippen molar-refractivity contribution in [2.24, 2.45) is 0 Å². The molecule has 0 atom stereocenters. The molecule has 11 heteroatoms. The van der Waals surface area contributed by atoms with Crippen molar-refractivity contribution in [1.29, 1.82) is 0 Å². The summed E-state index contributed by atoms with van der Waals surface area (Å²) in [7, 11) is 0. The van der Waals surface area contributed by atoms with Crippen molar-refractivity contribution in [2.75, 3.05) is 18.5 Å². The maximum absolute atomic E-state index is 13.1. The van der Waals surface area contributed by atoms with Crippen LogP contribution < -0.4 is 20.8 Å². The van der Waals surface area contributed by atoms with Gasteiger partial charge in [0.25, 0.3) is 0 Å². The lowest BCUT2D eigenvalue weighted by atomic mass is 9.98. The molecule has 0 fully saturated rings. The number of hydrogen-bond donors (Lipinski definition) is 3. The Morgan fingerprint density at radius 1 is 1.22 bits per heavy atom. The van der Waals surface area contributed by atoms with Gasteiger partial charge in [-0.25, -0.2) is 19.6 Å². The molecule has 3 N–H and O–H groups in total. The molecular weight excluding hydrogens is 482 g/mol. The molecule has 3 aromatic heterocycles. The summed E-state index contributed by atoms with van der Waals surface area (Å²) < 4.78 is 7.62. The minimum atomic E-state index is -1.28. The van der Waals surface area contributed by atoms with Gasteiger partial charge in [-0.2, -0.15) is 0 Å². The smallest absolute Gasteiger partial charge is 0.341 e. The molecule has 5 rings (SSSR count). The highest BCUT2D eigenvalue weighted by Gasteiger charge is 2.23. The largest absolute Gasteiger partial charge is 0.489 e. The summed E-state index contributed by atoms with van der Waals surface area (Å²) in [6.07, 6.45) is 3.75. The molecule has 0 aliphatic carbocycles. The molecule has 0 bridgehead atoms. The summed E-state index contributed by atoms with van der Waals surface area (Å²) >= 11 is 1.47. The van der Waals surface area contributed by atoms with E-state index in [1.165, 1.54) is 17.5 Å². The van der Waals surface area contributed by atoms with Crippen molar-refractivity contribution >= 4 is 40.1 Å². The number of anilines is 1. The molecular formula is C25H23N5O5S. The van der Waals surface area contributed by atoms with Crippen LogP contribution in [0.3, 0.4) is 0 Å². The zero-order valence-corrected chi connectivity index (χ0v) is 20.4. The highest BCUT2D eigenvalue weighted by atomic mass is 32.1. The highest BCUT2D eigenvalue weighted by Crippen LogP contribution is 2.39. The lowest BCUT2D eigenvalue weighted by molar-refractivity contribution is 0.0694. The number of nitrogens with zero attached hydrogens (tertiary/aromatic N) is 3. The molecule has 2 amide bonds. The third-order valence-corrected chi connectivity index (χ3v) is 6.82. The van der Waals surface area contributed by atoms with Gasteiger partial charge in [0, 0.05) is 35.4 Å². The van der Waals surface area contributed by atoms with Crippen LogP contribution in [0.15, 0.2) is 40.8 Å². The van der Waals surface area contributed by atoms with Crippen molar-refractivity contribution in [1.82, 2.24) is 19.9 Å². The van der Waals surface area contributed by atoms with Crippen molar-refractivity contribution in [3.05, 3.63) is 57.5 Å². The number of carboxylic acids is 1. The van der Waals surface area contributed by atoms with Crippen LogP contribution in [0.25, 0.3) is 32.6 Å². The summed E-state index contributed by atoms with van der Waals surface area (Å²) in [5, 5.41) is 17.9. The van der Waals surface area contributed by atoms with Crippen molar-refractivity contribution in [3.63, 3.8) is 0 Å². The number of carboxylic acid groups (broad SMARTS) is 1. The van der Waals surface area contributed by atoms with E-state index in [1.807, 2.05) is 25.3 Å². The van der Waals surface area contributed by atoms with Crippen LogP contribution in [0.2, 0.25) is 0 Å². The van der Waals surface area contributed by atoms with E-state index in [4.69, 9.17) is 9.72 Å². The topological polar surface area (TPSA) is 135 Å². The molecule has 1 aromatic carbocycles. The van der Waals surface area contributed by atoms with E-state index in [9.17, 15) is 19.5 Å². The molecule has 4 aromatic rings. The van der Waals surface area contributed by atoms with Gasteiger partial charge in [-0.15, -0.1) is 11.3 Å². The molecule has 36 heavy (non-hydrogen) atoms. The molecule has 0 saturated carbocycles. The molecule has 0 saturated heterocycles. The number of rotatable bonds is 6. The van der Waals surface area contributed by atoms with E-state index in [2.05, 4.69) is 15.6 Å². The van der Waals surface area contributed by atoms with Crippen LogP contribution in [-0.4, -0.2) is 44.8 Å². The van der Waals surface area contributed by atoms with Gasteiger partial charge in [0.1, 0.15) is 28.7 Å². The summed E-state index contributed by atoms with van der Waals surface area (Å²) in [5.41, 5.74) is 2.65. The lowest BCUT2D eigenvalue weighted by Gasteiger charge is -2.22. The quantitative estimate of drug-likeness (QED) is 0.361. The number of aromatic nitrogens is 3. The Bertz CT molecular complexity index is 1580. The maximum atomic E-state index is 13.1. The monoisotopic (exact) mass is 505 g/mol. The van der Waals surface area contributed by atoms with Gasteiger partial charge < -0.3 is 19.7 Å². The number of ether oxygens (including phenoxy) is 1. The van der Waals surface area contributed by atoms with Crippen molar-refractivity contribution < 1.29 is 19.4 Å². The number of thiazole rings is 1. The zero-order valence-electron chi connectivity index (χ0n) is 19.6. The van der Waals surface area contributed by atoms with Gasteiger partial charge in [-0.3, -0.25) is 10.1 Å². The summed E-state index contributed by atoms with van der Waals surface area (Å²) in [4.78, 5) is 46.0. The van der Waals surface area contributed by atoms with Gasteiger partial charge in [-0.1, -0.05) is 6.92 Å². The Balaban J connectivity index is 1.73. The Hall–Kier alpha value is -4.25. The van der Waals surface area contributed by atoms with E-state index in [0.717, 1.165) is 22.7 Å². The van der Waals surface area contributed by atoms with Crippen LogP contribution >= 0.6 is 11.3 Å². The Morgan fingerprint density at radius 2 is 2.06 bits per heavy atom. The molecule has 184 valence electrons. The number of aromatic carboxylic acids is 1. The van der Waals surface area contributed by atoms with Gasteiger partial charge >= 0.3 is 12.0 Å². The first kappa shape index (κ1) is 23.5. The van der Waals surface area contributed by atoms with Gasteiger partial charge in [-0.05, 0) is 37.1 Å². The first-order chi connectivity index (χ1) is 17.4. The first-order valence-corrected chi connectivity index (χ1v) is 12.3. The third-order valence-electron chi connectivity index (χ3n) is 5.89. The number of hydrogen-bond acceptors (Lipinski definition) is 7. The van der Waals surface area contributed by atoms with E-state index in [1.54, 1.807) is 22.9 Å². The van der Waals surface area contributed by atoms with Crippen LogP contribution in [0.5, 0.6) is 5.75 Å². The van der Waals surface area contributed by atoms with Crippen LogP contribution in [0, 0.1) is 0 Å². The zero-order chi connectivity index (χ0) is 25.4. The van der Waals surface area contributed by atoms with E-state index in [0.29, 0.717) is 47.9 Å². The second kappa shape index (κ2) is 9.42. The molecule has 0 spiro atoms. The van der Waals surface area contributed by atoms with E-state index in [-0.39, 0.29) is 17.0 Å². The van der Waals surface area contributed by atoms with Crippen molar-refractivity contribution in [3.8, 4) is 27.4 Å². The minimum absolute atomic E-state index is 0.256. The fourth-order valence-corrected chi connectivity index (χ4v) is 5.13. The van der Waals surface area contributed by atoms with Gasteiger partial charge in [0.15, 0.2) is 0 Å².